The van der Waals surface area contributed by atoms with Gasteiger partial charge in [0.25, 0.3) is 0 Å². The molecule has 4 nitrogen and oxygen atoms in total. The Hall–Kier alpha value is -2.69. The highest BCUT2D eigenvalue weighted by Crippen LogP contribution is 2.17. The predicted octanol–water partition coefficient (Wildman–Crippen LogP) is 2.63. The van der Waals surface area contributed by atoms with E-state index in [0.29, 0.717) is 13.1 Å². The Labute approximate surface area is 140 Å². The third-order valence-electron chi connectivity index (χ3n) is 4.13. The zero-order valence-electron chi connectivity index (χ0n) is 13.3. The van der Waals surface area contributed by atoms with Gasteiger partial charge in [-0.15, -0.1) is 0 Å². The van der Waals surface area contributed by atoms with Crippen LogP contribution in [0.4, 0.5) is 10.1 Å². The molecule has 0 unspecified atom stereocenters. The number of rotatable bonds is 3. The van der Waals surface area contributed by atoms with Crippen LogP contribution in [0.5, 0.6) is 0 Å². The summed E-state index contributed by atoms with van der Waals surface area (Å²) in [7, 11) is 0. The van der Waals surface area contributed by atoms with Crippen molar-refractivity contribution in [1.82, 2.24) is 4.90 Å². The first kappa shape index (κ1) is 16.2. The fourth-order valence-electron chi connectivity index (χ4n) is 2.85. The molecule has 1 aliphatic heterocycles. The summed E-state index contributed by atoms with van der Waals surface area (Å²) in [6.07, 6.45) is 0.911. The normalized spacial score (nSPS) is 15.3. The molecular formula is C19H19FN2O2. The predicted molar refractivity (Wildman–Crippen MR) is 90.1 cm³/mol. The second-order valence-electron chi connectivity index (χ2n) is 5.85. The van der Waals surface area contributed by atoms with Gasteiger partial charge in [-0.25, -0.2) is 4.39 Å². The standard InChI is InChI=1S/C19H19FN2O2/c20-16-9-7-15(8-10-16)13-18(23)21-11-4-12-22(19(24)14-21)17-5-2-1-3-6-17/h1-3,5-10H,4,11-14H2. The molecular weight excluding hydrogens is 307 g/mol. The summed E-state index contributed by atoms with van der Waals surface area (Å²) in [5.41, 5.74) is 1.60. The van der Waals surface area contributed by atoms with Crippen LogP contribution in [0.25, 0.3) is 0 Å². The van der Waals surface area contributed by atoms with Crippen molar-refractivity contribution in [3.05, 3.63) is 66.0 Å². The molecule has 24 heavy (non-hydrogen) atoms. The Morgan fingerprint density at radius 3 is 2.42 bits per heavy atom. The lowest BCUT2D eigenvalue weighted by atomic mass is 10.1. The molecule has 1 heterocycles. The van der Waals surface area contributed by atoms with Crippen LogP contribution >= 0.6 is 0 Å². The Morgan fingerprint density at radius 2 is 1.71 bits per heavy atom. The number of benzene rings is 2. The number of hydrogen-bond acceptors (Lipinski definition) is 2. The summed E-state index contributed by atoms with van der Waals surface area (Å²) in [5, 5.41) is 0. The van der Waals surface area contributed by atoms with Gasteiger partial charge in [0.1, 0.15) is 12.4 Å². The number of carbonyl (C=O) groups excluding carboxylic acids is 2. The van der Waals surface area contributed by atoms with Gasteiger partial charge >= 0.3 is 0 Å². The van der Waals surface area contributed by atoms with E-state index >= 15 is 0 Å². The molecule has 1 saturated heterocycles. The number of halogens is 1. The van der Waals surface area contributed by atoms with E-state index in [1.807, 2.05) is 30.3 Å². The molecule has 0 saturated carbocycles. The van der Waals surface area contributed by atoms with Crippen molar-refractivity contribution in [2.75, 3.05) is 24.5 Å². The van der Waals surface area contributed by atoms with Crippen LogP contribution in [0.3, 0.4) is 0 Å². The molecule has 0 aromatic heterocycles. The molecule has 2 aromatic carbocycles. The SMILES string of the molecule is O=C(Cc1ccc(F)cc1)N1CCCN(c2ccccc2)C(=O)C1. The number of para-hydroxylation sites is 1. The van der Waals surface area contributed by atoms with Crippen molar-refractivity contribution in [3.63, 3.8) is 0 Å². The van der Waals surface area contributed by atoms with Gasteiger partial charge in [-0.1, -0.05) is 30.3 Å². The van der Waals surface area contributed by atoms with Crippen molar-refractivity contribution in [2.24, 2.45) is 0 Å². The van der Waals surface area contributed by atoms with Gasteiger partial charge < -0.3 is 9.80 Å². The van der Waals surface area contributed by atoms with Gasteiger partial charge in [-0.2, -0.15) is 0 Å². The van der Waals surface area contributed by atoms with E-state index in [2.05, 4.69) is 0 Å². The van der Waals surface area contributed by atoms with Gasteiger partial charge in [-0.05, 0) is 36.2 Å². The quantitative estimate of drug-likeness (QED) is 0.870. The third-order valence-corrected chi connectivity index (χ3v) is 4.13. The largest absolute Gasteiger partial charge is 0.333 e. The minimum atomic E-state index is -0.324. The molecule has 1 aliphatic rings. The Balaban J connectivity index is 1.66. The molecule has 0 atom stereocenters. The van der Waals surface area contributed by atoms with Gasteiger partial charge in [0.2, 0.25) is 11.8 Å². The van der Waals surface area contributed by atoms with Crippen molar-refractivity contribution in [3.8, 4) is 0 Å². The summed E-state index contributed by atoms with van der Waals surface area (Å²) in [6, 6.07) is 15.4. The molecule has 5 heteroatoms. The monoisotopic (exact) mass is 326 g/mol. The van der Waals surface area contributed by atoms with E-state index in [1.165, 1.54) is 12.1 Å². The fraction of sp³-hybridized carbons (Fsp3) is 0.263. The van der Waals surface area contributed by atoms with Crippen LogP contribution in [0, 0.1) is 5.82 Å². The van der Waals surface area contributed by atoms with Gasteiger partial charge in [0, 0.05) is 18.8 Å². The number of carbonyl (C=O) groups is 2. The first-order valence-corrected chi connectivity index (χ1v) is 8.01. The Bertz CT molecular complexity index is 716. The summed E-state index contributed by atoms with van der Waals surface area (Å²) in [6.45, 7) is 1.23. The topological polar surface area (TPSA) is 40.6 Å². The smallest absolute Gasteiger partial charge is 0.246 e. The van der Waals surface area contributed by atoms with Crippen molar-refractivity contribution >= 4 is 17.5 Å². The zero-order valence-corrected chi connectivity index (χ0v) is 13.3. The number of nitrogens with zero attached hydrogens (tertiary/aromatic N) is 2. The van der Waals surface area contributed by atoms with Crippen LogP contribution in [-0.4, -0.2) is 36.3 Å². The van der Waals surface area contributed by atoms with Crippen molar-refractivity contribution in [2.45, 2.75) is 12.8 Å². The van der Waals surface area contributed by atoms with Crippen LogP contribution in [0.15, 0.2) is 54.6 Å². The molecule has 3 rings (SSSR count). The molecule has 0 aliphatic carbocycles. The molecule has 124 valence electrons. The highest BCUT2D eigenvalue weighted by molar-refractivity contribution is 5.97. The second kappa shape index (κ2) is 7.25. The van der Waals surface area contributed by atoms with Crippen LogP contribution in [-0.2, 0) is 16.0 Å². The first-order valence-electron chi connectivity index (χ1n) is 8.01. The lowest BCUT2D eigenvalue weighted by Crippen LogP contribution is -2.40. The van der Waals surface area contributed by atoms with Crippen molar-refractivity contribution < 1.29 is 14.0 Å². The fourth-order valence-corrected chi connectivity index (χ4v) is 2.85. The summed E-state index contributed by atoms with van der Waals surface area (Å²) >= 11 is 0. The first-order chi connectivity index (χ1) is 11.6. The van der Waals surface area contributed by atoms with E-state index in [-0.39, 0.29) is 30.6 Å². The molecule has 1 fully saturated rings. The van der Waals surface area contributed by atoms with Crippen LogP contribution in [0.1, 0.15) is 12.0 Å². The number of anilines is 1. The average molecular weight is 326 g/mol. The summed E-state index contributed by atoms with van der Waals surface area (Å²) in [4.78, 5) is 28.3. The van der Waals surface area contributed by atoms with Crippen LogP contribution < -0.4 is 4.90 Å². The van der Waals surface area contributed by atoms with E-state index in [9.17, 15) is 14.0 Å². The Kier molecular flexibility index (Phi) is 4.89. The second-order valence-corrected chi connectivity index (χ2v) is 5.85. The molecule has 2 amide bonds. The van der Waals surface area contributed by atoms with Gasteiger partial charge in [0.05, 0.1) is 6.42 Å². The highest BCUT2D eigenvalue weighted by Gasteiger charge is 2.25. The molecule has 0 bridgehead atoms. The summed E-state index contributed by atoms with van der Waals surface area (Å²) < 4.78 is 12.9. The highest BCUT2D eigenvalue weighted by atomic mass is 19.1. The van der Waals surface area contributed by atoms with E-state index < -0.39 is 0 Å². The van der Waals surface area contributed by atoms with Crippen molar-refractivity contribution in [1.29, 1.82) is 0 Å². The molecule has 0 N–H and O–H groups in total. The number of hydrogen-bond donors (Lipinski definition) is 0. The Morgan fingerprint density at radius 1 is 1.00 bits per heavy atom. The minimum Gasteiger partial charge on any atom is -0.333 e. The minimum absolute atomic E-state index is 0.0776. The maximum atomic E-state index is 12.9. The lowest BCUT2D eigenvalue weighted by molar-refractivity contribution is -0.134. The van der Waals surface area contributed by atoms with Gasteiger partial charge in [-0.3, -0.25) is 9.59 Å². The van der Waals surface area contributed by atoms with E-state index in [4.69, 9.17) is 0 Å². The molecule has 0 spiro atoms. The van der Waals surface area contributed by atoms with Crippen LogP contribution in [0.2, 0.25) is 0 Å². The average Bonchev–Trinajstić information content (AvgIpc) is 2.79. The lowest BCUT2D eigenvalue weighted by Gasteiger charge is -2.22. The van der Waals surface area contributed by atoms with Gasteiger partial charge in [0.15, 0.2) is 0 Å². The molecule has 0 radical (unpaired) electrons. The molecule has 2 aromatic rings. The number of amides is 2. The third kappa shape index (κ3) is 3.79. The van der Waals surface area contributed by atoms with E-state index in [0.717, 1.165) is 17.7 Å². The van der Waals surface area contributed by atoms with E-state index in [1.54, 1.807) is 21.9 Å². The maximum Gasteiger partial charge on any atom is 0.246 e. The zero-order chi connectivity index (χ0) is 16.9. The summed E-state index contributed by atoms with van der Waals surface area (Å²) in [5.74, 6) is -0.509. The maximum absolute atomic E-state index is 12.9.